The molecule has 2 aromatic carbocycles. The Balaban J connectivity index is 1.55. The van der Waals surface area contributed by atoms with Gasteiger partial charge in [0.1, 0.15) is 12.4 Å². The Labute approximate surface area is 189 Å². The second-order valence-electron chi connectivity index (χ2n) is 7.32. The summed E-state index contributed by atoms with van der Waals surface area (Å²) < 4.78 is 7.00. The van der Waals surface area contributed by atoms with E-state index in [0.717, 1.165) is 11.8 Å². The van der Waals surface area contributed by atoms with Gasteiger partial charge in [0.25, 0.3) is 5.69 Å². The van der Waals surface area contributed by atoms with Crippen molar-refractivity contribution in [3.63, 3.8) is 0 Å². The fourth-order valence-corrected chi connectivity index (χ4v) is 3.55. The van der Waals surface area contributed by atoms with E-state index in [4.69, 9.17) is 10.6 Å². The van der Waals surface area contributed by atoms with Crippen LogP contribution < -0.4 is 15.9 Å². The summed E-state index contributed by atoms with van der Waals surface area (Å²) in [6, 6.07) is 12.3. The molecule has 32 heavy (non-hydrogen) atoms. The first-order chi connectivity index (χ1) is 15.3. The van der Waals surface area contributed by atoms with Crippen LogP contribution in [-0.2, 0) is 11.4 Å². The van der Waals surface area contributed by atoms with Crippen LogP contribution in [0, 0.1) is 17.0 Å². The molecular formula is C21H24N6O4S. The number of ether oxygens (including phenoxy) is 1. The first kappa shape index (κ1) is 23.1. The molecule has 0 aliphatic carbocycles. The molecule has 0 aliphatic heterocycles. The Morgan fingerprint density at radius 3 is 2.62 bits per heavy atom. The molecule has 0 fully saturated rings. The molecule has 0 radical (unpaired) electrons. The molecule has 0 saturated carbocycles. The molecule has 0 atom stereocenters. The lowest BCUT2D eigenvalue weighted by atomic mass is 10.0. The summed E-state index contributed by atoms with van der Waals surface area (Å²) in [6.45, 7) is 5.96. The third-order valence-electron chi connectivity index (χ3n) is 4.76. The van der Waals surface area contributed by atoms with Crippen molar-refractivity contribution in [2.75, 3.05) is 16.9 Å². The number of nitrogen functional groups attached to an aromatic ring is 1. The van der Waals surface area contributed by atoms with Crippen molar-refractivity contribution >= 4 is 29.0 Å². The summed E-state index contributed by atoms with van der Waals surface area (Å²) in [4.78, 5) is 22.9. The SMILES string of the molecule is Cc1c(NC(=O)CSc2nnc(COc3ccc(C(C)C)cc3)n2N)cccc1[N+](=O)[O-]. The molecule has 1 heterocycles. The minimum absolute atomic E-state index is 0.00892. The van der Waals surface area contributed by atoms with Crippen molar-refractivity contribution in [1.29, 1.82) is 0 Å². The summed E-state index contributed by atoms with van der Waals surface area (Å²) in [5, 5.41) is 22.1. The number of carbonyl (C=O) groups is 1. The van der Waals surface area contributed by atoms with Crippen molar-refractivity contribution in [1.82, 2.24) is 14.9 Å². The molecule has 0 aliphatic rings. The molecule has 11 heteroatoms. The minimum atomic E-state index is -0.487. The van der Waals surface area contributed by atoms with Crippen LogP contribution >= 0.6 is 11.8 Å². The molecule has 168 valence electrons. The second-order valence-corrected chi connectivity index (χ2v) is 8.27. The van der Waals surface area contributed by atoms with E-state index in [1.54, 1.807) is 13.0 Å². The van der Waals surface area contributed by atoms with Crippen molar-refractivity contribution in [3.05, 3.63) is 69.5 Å². The van der Waals surface area contributed by atoms with E-state index in [2.05, 4.69) is 29.4 Å². The topological polar surface area (TPSA) is 138 Å². The maximum Gasteiger partial charge on any atom is 0.274 e. The third kappa shape index (κ3) is 5.55. The predicted molar refractivity (Wildman–Crippen MR) is 122 cm³/mol. The lowest BCUT2D eigenvalue weighted by molar-refractivity contribution is -0.385. The molecule has 0 spiro atoms. The van der Waals surface area contributed by atoms with Crippen molar-refractivity contribution in [2.45, 2.75) is 38.5 Å². The highest BCUT2D eigenvalue weighted by Crippen LogP contribution is 2.25. The highest BCUT2D eigenvalue weighted by molar-refractivity contribution is 7.99. The molecular weight excluding hydrogens is 432 g/mol. The van der Waals surface area contributed by atoms with Gasteiger partial charge in [0.05, 0.1) is 21.9 Å². The lowest BCUT2D eigenvalue weighted by Crippen LogP contribution is -2.18. The van der Waals surface area contributed by atoms with E-state index >= 15 is 0 Å². The average Bonchev–Trinajstić information content (AvgIpc) is 3.11. The number of aromatic nitrogens is 3. The number of nitrogens with two attached hydrogens (primary N) is 1. The Morgan fingerprint density at radius 2 is 1.97 bits per heavy atom. The Hall–Kier alpha value is -3.60. The van der Waals surface area contributed by atoms with Gasteiger partial charge in [-0.2, -0.15) is 0 Å². The molecule has 3 aromatic rings. The van der Waals surface area contributed by atoms with Gasteiger partial charge in [0.2, 0.25) is 11.1 Å². The van der Waals surface area contributed by atoms with Crippen LogP contribution in [-0.4, -0.2) is 31.5 Å². The van der Waals surface area contributed by atoms with Crippen LogP contribution in [0.25, 0.3) is 0 Å². The van der Waals surface area contributed by atoms with Crippen molar-refractivity contribution < 1.29 is 14.5 Å². The van der Waals surface area contributed by atoms with Crippen LogP contribution in [0.1, 0.15) is 36.7 Å². The summed E-state index contributed by atoms with van der Waals surface area (Å²) in [7, 11) is 0. The number of nitrogens with zero attached hydrogens (tertiary/aromatic N) is 4. The van der Waals surface area contributed by atoms with Gasteiger partial charge in [-0.1, -0.05) is 43.8 Å². The highest BCUT2D eigenvalue weighted by atomic mass is 32.2. The number of amides is 1. The average molecular weight is 457 g/mol. The van der Waals surface area contributed by atoms with Gasteiger partial charge < -0.3 is 15.9 Å². The standard InChI is InChI=1S/C21H24N6O4S/c1-13(2)15-7-9-16(10-8-15)31-11-19-24-25-21(26(19)22)32-12-20(28)23-17-5-4-6-18(14(17)3)27(29)30/h4-10,13H,11-12,22H2,1-3H3,(H,23,28). The quantitative estimate of drug-likeness (QED) is 0.215. The van der Waals surface area contributed by atoms with Gasteiger partial charge in [-0.05, 0) is 36.6 Å². The van der Waals surface area contributed by atoms with E-state index in [9.17, 15) is 14.9 Å². The molecule has 3 N–H and O–H groups in total. The maximum atomic E-state index is 12.3. The van der Waals surface area contributed by atoms with Gasteiger partial charge in [0, 0.05) is 6.07 Å². The van der Waals surface area contributed by atoms with Gasteiger partial charge in [-0.25, -0.2) is 4.68 Å². The zero-order chi connectivity index (χ0) is 23.3. The third-order valence-corrected chi connectivity index (χ3v) is 5.70. The first-order valence-electron chi connectivity index (χ1n) is 9.85. The number of nitro benzene ring substituents is 1. The summed E-state index contributed by atoms with van der Waals surface area (Å²) in [6.07, 6.45) is 0. The summed E-state index contributed by atoms with van der Waals surface area (Å²) in [5.41, 5.74) is 1.94. The van der Waals surface area contributed by atoms with Gasteiger partial charge in [-0.3, -0.25) is 14.9 Å². The second kappa shape index (κ2) is 10.1. The largest absolute Gasteiger partial charge is 0.486 e. The van der Waals surface area contributed by atoms with E-state index in [1.165, 1.54) is 22.4 Å². The van der Waals surface area contributed by atoms with E-state index in [-0.39, 0.29) is 24.0 Å². The number of rotatable bonds is 9. The number of nitro groups is 1. The normalized spacial score (nSPS) is 10.9. The van der Waals surface area contributed by atoms with Gasteiger partial charge >= 0.3 is 0 Å². The molecule has 1 amide bonds. The Morgan fingerprint density at radius 1 is 1.25 bits per heavy atom. The van der Waals surface area contributed by atoms with Crippen molar-refractivity contribution in [2.24, 2.45) is 0 Å². The fraction of sp³-hybridized carbons (Fsp3) is 0.286. The van der Waals surface area contributed by atoms with Crippen LogP contribution in [0.15, 0.2) is 47.6 Å². The highest BCUT2D eigenvalue weighted by Gasteiger charge is 2.16. The first-order valence-corrected chi connectivity index (χ1v) is 10.8. The van der Waals surface area contributed by atoms with Crippen molar-refractivity contribution in [3.8, 4) is 5.75 Å². The van der Waals surface area contributed by atoms with Gasteiger partial charge in [0.15, 0.2) is 5.82 Å². The van der Waals surface area contributed by atoms with E-state index in [1.807, 2.05) is 24.3 Å². The van der Waals surface area contributed by atoms with Crippen LogP contribution in [0.5, 0.6) is 5.75 Å². The van der Waals surface area contributed by atoms with Gasteiger partial charge in [-0.15, -0.1) is 10.2 Å². The van der Waals surface area contributed by atoms with E-state index in [0.29, 0.717) is 33.9 Å². The number of hydrogen-bond acceptors (Lipinski definition) is 8. The Kier molecular flexibility index (Phi) is 7.31. The zero-order valence-electron chi connectivity index (χ0n) is 17.9. The number of carbonyl (C=O) groups excluding carboxylic acids is 1. The number of anilines is 1. The lowest BCUT2D eigenvalue weighted by Gasteiger charge is -2.09. The summed E-state index contributed by atoms with van der Waals surface area (Å²) >= 11 is 1.10. The molecule has 0 saturated heterocycles. The number of thioether (sulfide) groups is 1. The molecule has 0 unspecified atom stereocenters. The summed E-state index contributed by atoms with van der Waals surface area (Å²) in [5.74, 6) is 7.24. The molecule has 10 nitrogen and oxygen atoms in total. The zero-order valence-corrected chi connectivity index (χ0v) is 18.8. The molecule has 1 aromatic heterocycles. The fourth-order valence-electron chi connectivity index (χ4n) is 2.87. The monoisotopic (exact) mass is 456 g/mol. The van der Waals surface area contributed by atoms with Crippen LogP contribution in [0.4, 0.5) is 11.4 Å². The maximum absolute atomic E-state index is 12.3. The molecule has 3 rings (SSSR count). The number of nitrogens with one attached hydrogen (secondary N) is 1. The smallest absolute Gasteiger partial charge is 0.274 e. The van der Waals surface area contributed by atoms with Crippen LogP contribution in [0.2, 0.25) is 0 Å². The minimum Gasteiger partial charge on any atom is -0.486 e. The number of hydrogen-bond donors (Lipinski definition) is 2. The van der Waals surface area contributed by atoms with E-state index < -0.39 is 4.92 Å². The molecule has 0 bridgehead atoms. The Bertz CT molecular complexity index is 1110. The predicted octanol–water partition coefficient (Wildman–Crippen LogP) is 3.64. The number of benzene rings is 2. The van der Waals surface area contributed by atoms with Crippen LogP contribution in [0.3, 0.4) is 0 Å².